The van der Waals surface area contributed by atoms with Crippen LogP contribution in [0, 0.1) is 0 Å². The van der Waals surface area contributed by atoms with Crippen LogP contribution in [0.1, 0.15) is 46.1 Å². The lowest BCUT2D eigenvalue weighted by Gasteiger charge is -2.21. The van der Waals surface area contributed by atoms with Gasteiger partial charge in [-0.3, -0.25) is 0 Å². The van der Waals surface area contributed by atoms with E-state index >= 15 is 0 Å². The molecule has 102 valence electrons. The zero-order chi connectivity index (χ0) is 13.6. The van der Waals surface area contributed by atoms with Gasteiger partial charge < -0.3 is 10.1 Å². The number of hydrogen-bond donors (Lipinski definition) is 1. The van der Waals surface area contributed by atoms with Crippen LogP contribution in [-0.2, 0) is 6.54 Å². The molecule has 0 aromatic heterocycles. The minimum Gasteiger partial charge on any atom is -0.494 e. The van der Waals surface area contributed by atoms with Crippen molar-refractivity contribution in [2.75, 3.05) is 6.61 Å². The van der Waals surface area contributed by atoms with Gasteiger partial charge in [0, 0.05) is 16.6 Å². The van der Waals surface area contributed by atoms with Gasteiger partial charge in [0.2, 0.25) is 0 Å². The highest BCUT2D eigenvalue weighted by molar-refractivity contribution is 9.10. The van der Waals surface area contributed by atoms with E-state index < -0.39 is 0 Å². The van der Waals surface area contributed by atoms with Gasteiger partial charge in [0.15, 0.2) is 0 Å². The Hall–Kier alpha value is -0.540. The monoisotopic (exact) mass is 313 g/mol. The molecule has 1 aromatic carbocycles. The fourth-order valence-corrected chi connectivity index (χ4v) is 1.86. The molecule has 0 fully saturated rings. The first-order valence-corrected chi connectivity index (χ1v) is 7.38. The average molecular weight is 314 g/mol. The molecule has 0 bridgehead atoms. The highest BCUT2D eigenvalue weighted by Gasteiger charge is 2.10. The van der Waals surface area contributed by atoms with Crippen LogP contribution < -0.4 is 10.1 Å². The number of rotatable bonds is 6. The van der Waals surface area contributed by atoms with E-state index in [9.17, 15) is 0 Å². The van der Waals surface area contributed by atoms with Crippen molar-refractivity contribution in [1.29, 1.82) is 0 Å². The molecule has 3 heteroatoms. The Kier molecular flexibility index (Phi) is 6.16. The average Bonchev–Trinajstić information content (AvgIpc) is 2.29. The third-order valence-corrected chi connectivity index (χ3v) is 3.37. The van der Waals surface area contributed by atoms with E-state index in [1.807, 2.05) is 6.07 Å². The van der Waals surface area contributed by atoms with Crippen molar-refractivity contribution in [3.05, 3.63) is 28.2 Å². The number of nitrogens with one attached hydrogen (secondary N) is 1. The first-order valence-electron chi connectivity index (χ1n) is 6.58. The molecule has 0 radical (unpaired) electrons. The van der Waals surface area contributed by atoms with Gasteiger partial charge in [0.05, 0.1) is 6.61 Å². The molecule has 1 aromatic rings. The number of hydrogen-bond acceptors (Lipinski definition) is 2. The molecule has 0 aliphatic heterocycles. The van der Waals surface area contributed by atoms with Crippen LogP contribution in [0.5, 0.6) is 5.75 Å². The maximum absolute atomic E-state index is 5.73. The van der Waals surface area contributed by atoms with E-state index in [1.54, 1.807) is 0 Å². The SMILES string of the molecule is CCCCOc1ccc(Br)c(CNC(C)(C)C)c1. The quantitative estimate of drug-likeness (QED) is 0.780. The lowest BCUT2D eigenvalue weighted by atomic mass is 10.1. The largest absolute Gasteiger partial charge is 0.494 e. The zero-order valence-corrected chi connectivity index (χ0v) is 13.4. The van der Waals surface area contributed by atoms with Crippen LogP contribution >= 0.6 is 15.9 Å². The summed E-state index contributed by atoms with van der Waals surface area (Å²) in [6, 6.07) is 6.18. The minimum absolute atomic E-state index is 0.124. The van der Waals surface area contributed by atoms with Crippen molar-refractivity contribution < 1.29 is 4.74 Å². The van der Waals surface area contributed by atoms with E-state index in [2.05, 4.69) is 61.1 Å². The summed E-state index contributed by atoms with van der Waals surface area (Å²) in [5.41, 5.74) is 1.36. The molecule has 18 heavy (non-hydrogen) atoms. The van der Waals surface area contributed by atoms with Gasteiger partial charge >= 0.3 is 0 Å². The fraction of sp³-hybridized carbons (Fsp3) is 0.600. The van der Waals surface area contributed by atoms with Gasteiger partial charge in [-0.1, -0.05) is 29.3 Å². The first-order chi connectivity index (χ1) is 8.42. The summed E-state index contributed by atoms with van der Waals surface area (Å²) >= 11 is 3.58. The molecule has 0 aliphatic rings. The Morgan fingerprint density at radius 1 is 1.28 bits per heavy atom. The highest BCUT2D eigenvalue weighted by Crippen LogP contribution is 2.23. The topological polar surface area (TPSA) is 21.3 Å². The molecule has 0 amide bonds. The number of halogens is 1. The lowest BCUT2D eigenvalue weighted by molar-refractivity contribution is 0.308. The summed E-state index contributed by atoms with van der Waals surface area (Å²) in [4.78, 5) is 0. The maximum atomic E-state index is 5.73. The molecule has 0 heterocycles. The van der Waals surface area contributed by atoms with Crippen LogP contribution in [0.25, 0.3) is 0 Å². The van der Waals surface area contributed by atoms with Crippen LogP contribution in [-0.4, -0.2) is 12.1 Å². The van der Waals surface area contributed by atoms with Gasteiger partial charge in [-0.2, -0.15) is 0 Å². The van der Waals surface area contributed by atoms with Crippen molar-refractivity contribution >= 4 is 15.9 Å². The first kappa shape index (κ1) is 15.5. The highest BCUT2D eigenvalue weighted by atomic mass is 79.9. The lowest BCUT2D eigenvalue weighted by Crippen LogP contribution is -2.35. The maximum Gasteiger partial charge on any atom is 0.119 e. The Morgan fingerprint density at radius 3 is 2.61 bits per heavy atom. The normalized spacial score (nSPS) is 11.6. The Balaban J connectivity index is 2.63. The molecule has 0 saturated carbocycles. The predicted octanol–water partition coefficient (Wildman–Crippen LogP) is 4.52. The zero-order valence-electron chi connectivity index (χ0n) is 11.8. The van der Waals surface area contributed by atoms with E-state index in [0.717, 1.165) is 36.2 Å². The second-order valence-corrected chi connectivity index (χ2v) is 6.41. The van der Waals surface area contributed by atoms with E-state index in [-0.39, 0.29) is 5.54 Å². The molecule has 0 unspecified atom stereocenters. The van der Waals surface area contributed by atoms with Crippen molar-refractivity contribution in [3.8, 4) is 5.75 Å². The fourth-order valence-electron chi connectivity index (χ4n) is 1.47. The van der Waals surface area contributed by atoms with Crippen LogP contribution in [0.2, 0.25) is 0 Å². The minimum atomic E-state index is 0.124. The standard InChI is InChI=1S/C15H24BrNO/c1-5-6-9-18-13-7-8-14(16)12(10-13)11-17-15(2,3)4/h7-8,10,17H,5-6,9,11H2,1-4H3. The van der Waals surface area contributed by atoms with Crippen molar-refractivity contribution in [2.45, 2.75) is 52.6 Å². The third kappa shape index (κ3) is 5.87. The molecule has 1 rings (SSSR count). The number of ether oxygens (including phenoxy) is 1. The molecular weight excluding hydrogens is 290 g/mol. The van der Waals surface area contributed by atoms with Gasteiger partial charge in [-0.25, -0.2) is 0 Å². The molecule has 0 spiro atoms. The van der Waals surface area contributed by atoms with Crippen LogP contribution in [0.3, 0.4) is 0 Å². The van der Waals surface area contributed by atoms with Crippen LogP contribution in [0.4, 0.5) is 0 Å². The molecule has 0 saturated heterocycles. The second kappa shape index (κ2) is 7.15. The van der Waals surface area contributed by atoms with Gasteiger partial charge in [-0.15, -0.1) is 0 Å². The van der Waals surface area contributed by atoms with Gasteiger partial charge in [0.25, 0.3) is 0 Å². The summed E-state index contributed by atoms with van der Waals surface area (Å²) < 4.78 is 6.85. The summed E-state index contributed by atoms with van der Waals surface area (Å²) in [6.07, 6.45) is 2.26. The molecule has 0 aliphatic carbocycles. The molecule has 0 atom stereocenters. The Bertz CT molecular complexity index is 371. The summed E-state index contributed by atoms with van der Waals surface area (Å²) in [7, 11) is 0. The number of benzene rings is 1. The second-order valence-electron chi connectivity index (χ2n) is 5.56. The van der Waals surface area contributed by atoms with Crippen LogP contribution in [0.15, 0.2) is 22.7 Å². The van der Waals surface area contributed by atoms with Crippen molar-refractivity contribution in [2.24, 2.45) is 0 Å². The van der Waals surface area contributed by atoms with E-state index in [0.29, 0.717) is 0 Å². The Morgan fingerprint density at radius 2 is 2.00 bits per heavy atom. The van der Waals surface area contributed by atoms with Gasteiger partial charge in [0.1, 0.15) is 5.75 Å². The smallest absolute Gasteiger partial charge is 0.119 e. The third-order valence-electron chi connectivity index (χ3n) is 2.59. The summed E-state index contributed by atoms with van der Waals surface area (Å²) in [6.45, 7) is 10.3. The predicted molar refractivity (Wildman–Crippen MR) is 81.1 cm³/mol. The van der Waals surface area contributed by atoms with Gasteiger partial charge in [-0.05, 0) is 51.0 Å². The summed E-state index contributed by atoms with van der Waals surface area (Å²) in [5.74, 6) is 0.956. The molecule has 1 N–H and O–H groups in total. The molecule has 2 nitrogen and oxygen atoms in total. The summed E-state index contributed by atoms with van der Waals surface area (Å²) in [5, 5.41) is 3.49. The Labute approximate surface area is 119 Å². The number of unbranched alkanes of at least 4 members (excludes halogenated alkanes) is 1. The van der Waals surface area contributed by atoms with E-state index in [1.165, 1.54) is 5.56 Å². The van der Waals surface area contributed by atoms with Crippen molar-refractivity contribution in [1.82, 2.24) is 5.32 Å². The van der Waals surface area contributed by atoms with E-state index in [4.69, 9.17) is 4.74 Å². The van der Waals surface area contributed by atoms with Crippen molar-refractivity contribution in [3.63, 3.8) is 0 Å². The molecular formula is C15H24BrNO.